The first-order valence-electron chi connectivity index (χ1n) is 11.7. The molecule has 3 rings (SSSR count). The number of nitrogens with zero attached hydrogens (tertiary/aromatic N) is 4. The Bertz CT molecular complexity index is 954. The molecular formula is C27H33FN4O. The lowest BCUT2D eigenvalue weighted by atomic mass is 9.70. The van der Waals surface area contributed by atoms with Gasteiger partial charge < -0.3 is 9.64 Å². The Hall–Kier alpha value is -2.93. The molecule has 0 saturated carbocycles. The van der Waals surface area contributed by atoms with Crippen LogP contribution in [0.25, 0.3) is 4.85 Å². The number of rotatable bonds is 10. The fourth-order valence-electron chi connectivity index (χ4n) is 4.49. The van der Waals surface area contributed by atoms with Gasteiger partial charge in [-0.2, -0.15) is 5.26 Å². The first kappa shape index (κ1) is 24.7. The van der Waals surface area contributed by atoms with Crippen molar-refractivity contribution in [3.63, 3.8) is 0 Å². The predicted octanol–water partition coefficient (Wildman–Crippen LogP) is 5.27. The molecule has 6 heteroatoms. The maximum atomic E-state index is 13.0. The summed E-state index contributed by atoms with van der Waals surface area (Å²) in [6.07, 6.45) is 1.77. The lowest BCUT2D eigenvalue weighted by Crippen LogP contribution is -2.47. The highest BCUT2D eigenvalue weighted by molar-refractivity contribution is 5.48. The van der Waals surface area contributed by atoms with Gasteiger partial charge in [-0.05, 0) is 55.1 Å². The largest absolute Gasteiger partial charge is 0.492 e. The van der Waals surface area contributed by atoms with Crippen LogP contribution in [0.2, 0.25) is 0 Å². The van der Waals surface area contributed by atoms with E-state index in [-0.39, 0.29) is 11.7 Å². The molecule has 1 heterocycles. The summed E-state index contributed by atoms with van der Waals surface area (Å²) in [5.74, 6) is 0.640. The minimum Gasteiger partial charge on any atom is -0.492 e. The molecule has 174 valence electrons. The summed E-state index contributed by atoms with van der Waals surface area (Å²) in [5, 5.41) is 10.1. The van der Waals surface area contributed by atoms with Crippen LogP contribution in [0.4, 0.5) is 10.1 Å². The SMILES string of the molecule is [C-]#[N+]c1ccc(C(C#N)(CCCN2CCN(CCOc3ccc(F)cc3)CC2)C(C)C)cc1. The normalized spacial score (nSPS) is 16.7. The van der Waals surface area contributed by atoms with Crippen molar-refractivity contribution in [1.82, 2.24) is 9.80 Å². The molecule has 0 aromatic heterocycles. The van der Waals surface area contributed by atoms with Crippen LogP contribution in [0.15, 0.2) is 48.5 Å². The third-order valence-corrected chi connectivity index (χ3v) is 6.70. The average molecular weight is 449 g/mol. The second kappa shape index (κ2) is 11.8. The van der Waals surface area contributed by atoms with Crippen LogP contribution in [0.5, 0.6) is 5.75 Å². The zero-order valence-electron chi connectivity index (χ0n) is 19.6. The van der Waals surface area contributed by atoms with E-state index in [9.17, 15) is 9.65 Å². The molecule has 0 radical (unpaired) electrons. The van der Waals surface area contributed by atoms with E-state index in [0.29, 0.717) is 18.0 Å². The van der Waals surface area contributed by atoms with E-state index in [0.717, 1.165) is 57.7 Å². The van der Waals surface area contributed by atoms with Crippen molar-refractivity contribution in [3.8, 4) is 11.8 Å². The minimum atomic E-state index is -0.528. The molecule has 2 aromatic rings. The lowest BCUT2D eigenvalue weighted by Gasteiger charge is -2.36. The highest BCUT2D eigenvalue weighted by Crippen LogP contribution is 2.37. The fourth-order valence-corrected chi connectivity index (χ4v) is 4.49. The monoisotopic (exact) mass is 448 g/mol. The number of halogens is 1. The second-order valence-corrected chi connectivity index (χ2v) is 8.99. The highest BCUT2D eigenvalue weighted by atomic mass is 19.1. The highest BCUT2D eigenvalue weighted by Gasteiger charge is 2.35. The van der Waals surface area contributed by atoms with Crippen molar-refractivity contribution in [3.05, 3.63) is 71.3 Å². The van der Waals surface area contributed by atoms with Crippen molar-refractivity contribution < 1.29 is 9.13 Å². The quantitative estimate of drug-likeness (QED) is 0.465. The van der Waals surface area contributed by atoms with Gasteiger partial charge in [0.25, 0.3) is 0 Å². The first-order valence-corrected chi connectivity index (χ1v) is 11.7. The number of ether oxygens (including phenoxy) is 1. The summed E-state index contributed by atoms with van der Waals surface area (Å²) in [6.45, 7) is 17.8. The van der Waals surface area contributed by atoms with E-state index in [1.165, 1.54) is 12.1 Å². The zero-order chi connectivity index (χ0) is 23.7. The minimum absolute atomic E-state index is 0.194. The van der Waals surface area contributed by atoms with Gasteiger partial charge in [-0.1, -0.05) is 38.1 Å². The topological polar surface area (TPSA) is 43.9 Å². The van der Waals surface area contributed by atoms with Gasteiger partial charge in [0, 0.05) is 32.7 Å². The summed E-state index contributed by atoms with van der Waals surface area (Å²) < 4.78 is 18.7. The van der Waals surface area contributed by atoms with Crippen molar-refractivity contribution in [2.75, 3.05) is 45.9 Å². The van der Waals surface area contributed by atoms with Gasteiger partial charge in [-0.3, -0.25) is 4.90 Å². The molecule has 2 aromatic carbocycles. The zero-order valence-corrected chi connectivity index (χ0v) is 19.6. The number of nitriles is 1. The van der Waals surface area contributed by atoms with Crippen molar-refractivity contribution in [1.29, 1.82) is 5.26 Å². The molecule has 1 aliphatic heterocycles. The Morgan fingerprint density at radius 2 is 1.64 bits per heavy atom. The van der Waals surface area contributed by atoms with Crippen LogP contribution in [-0.2, 0) is 5.41 Å². The van der Waals surface area contributed by atoms with E-state index in [4.69, 9.17) is 11.3 Å². The Balaban J connectivity index is 1.43. The lowest BCUT2D eigenvalue weighted by molar-refractivity contribution is 0.114. The smallest absolute Gasteiger partial charge is 0.187 e. The second-order valence-electron chi connectivity index (χ2n) is 8.99. The van der Waals surface area contributed by atoms with Crippen molar-refractivity contribution in [2.45, 2.75) is 32.1 Å². The van der Waals surface area contributed by atoms with Gasteiger partial charge in [-0.15, -0.1) is 0 Å². The van der Waals surface area contributed by atoms with Crippen molar-refractivity contribution in [2.24, 2.45) is 5.92 Å². The summed E-state index contributed by atoms with van der Waals surface area (Å²) >= 11 is 0. The Labute approximate surface area is 197 Å². The van der Waals surface area contributed by atoms with Gasteiger partial charge in [0.2, 0.25) is 0 Å². The number of hydrogen-bond donors (Lipinski definition) is 0. The summed E-state index contributed by atoms with van der Waals surface area (Å²) in [5.41, 5.74) is 1.09. The molecule has 1 aliphatic rings. The first-order chi connectivity index (χ1) is 16.0. The van der Waals surface area contributed by atoms with Gasteiger partial charge in [0.1, 0.15) is 18.2 Å². The van der Waals surface area contributed by atoms with Gasteiger partial charge >= 0.3 is 0 Å². The van der Waals surface area contributed by atoms with E-state index in [2.05, 4.69) is 34.6 Å². The predicted molar refractivity (Wildman–Crippen MR) is 129 cm³/mol. The number of hydrogen-bond acceptors (Lipinski definition) is 4. The van der Waals surface area contributed by atoms with Crippen LogP contribution < -0.4 is 4.74 Å². The molecular weight excluding hydrogens is 415 g/mol. The standard InChI is InChI=1S/C27H33FN4O/c1-22(2)27(21-29,23-5-9-25(30-3)10-6-23)13-4-14-31-15-17-32(18-16-31)19-20-33-26-11-7-24(28)8-12-26/h5-12,22H,4,13-20H2,1-2H3. The molecule has 1 saturated heterocycles. The van der Waals surface area contributed by atoms with Crippen LogP contribution in [0.3, 0.4) is 0 Å². The molecule has 0 amide bonds. The molecule has 1 fully saturated rings. The molecule has 5 nitrogen and oxygen atoms in total. The number of piperazine rings is 1. The van der Waals surface area contributed by atoms with Crippen molar-refractivity contribution >= 4 is 5.69 Å². The maximum absolute atomic E-state index is 13.0. The van der Waals surface area contributed by atoms with E-state index in [1.807, 2.05) is 24.3 Å². The molecule has 0 spiro atoms. The molecule has 0 aliphatic carbocycles. The van der Waals surface area contributed by atoms with E-state index >= 15 is 0 Å². The Kier molecular flexibility index (Phi) is 8.83. The van der Waals surface area contributed by atoms with Crippen LogP contribution >= 0.6 is 0 Å². The van der Waals surface area contributed by atoms with Crippen LogP contribution in [0, 0.1) is 29.6 Å². The van der Waals surface area contributed by atoms with E-state index < -0.39 is 5.41 Å². The van der Waals surface area contributed by atoms with Gasteiger partial charge in [-0.25, -0.2) is 9.24 Å². The summed E-state index contributed by atoms with van der Waals surface area (Å²) in [6, 6.07) is 16.3. The van der Waals surface area contributed by atoms with Gasteiger partial charge in [0.05, 0.1) is 18.1 Å². The third kappa shape index (κ3) is 6.54. The third-order valence-electron chi connectivity index (χ3n) is 6.70. The van der Waals surface area contributed by atoms with Gasteiger partial charge in [0.15, 0.2) is 5.69 Å². The molecule has 0 bridgehead atoms. The average Bonchev–Trinajstić information content (AvgIpc) is 2.84. The maximum Gasteiger partial charge on any atom is 0.187 e. The molecule has 1 atom stereocenters. The summed E-state index contributed by atoms with van der Waals surface area (Å²) in [4.78, 5) is 8.34. The molecule has 1 unspecified atom stereocenters. The molecule has 33 heavy (non-hydrogen) atoms. The van der Waals surface area contributed by atoms with Crippen LogP contribution in [-0.4, -0.2) is 55.7 Å². The van der Waals surface area contributed by atoms with Crippen LogP contribution in [0.1, 0.15) is 32.3 Å². The summed E-state index contributed by atoms with van der Waals surface area (Å²) in [7, 11) is 0. The Morgan fingerprint density at radius 3 is 2.18 bits per heavy atom. The Morgan fingerprint density at radius 1 is 1.03 bits per heavy atom. The molecule has 0 N–H and O–H groups in total. The number of benzene rings is 2. The van der Waals surface area contributed by atoms with E-state index in [1.54, 1.807) is 12.1 Å². The fraction of sp³-hybridized carbons (Fsp3) is 0.481.